The molecular formula is C11H16N2O. The molecule has 2 rings (SSSR count). The van der Waals surface area contributed by atoms with Gasteiger partial charge in [-0.25, -0.2) is 0 Å². The topological polar surface area (TPSA) is 56.4 Å². The third kappa shape index (κ3) is 0.841. The molecule has 0 radical (unpaired) electrons. The van der Waals surface area contributed by atoms with Crippen LogP contribution in [-0.4, -0.2) is 10.9 Å². The van der Waals surface area contributed by atoms with Crippen LogP contribution in [0.3, 0.4) is 0 Å². The predicted molar refractivity (Wildman–Crippen MR) is 53.0 cm³/mol. The van der Waals surface area contributed by atoms with Crippen LogP contribution in [-0.2, 0) is 0 Å². The maximum Gasteiger partial charge on any atom is 0.0638 e. The zero-order valence-electron chi connectivity index (χ0n) is 8.75. The van der Waals surface area contributed by atoms with Crippen LogP contribution in [0.4, 0.5) is 0 Å². The van der Waals surface area contributed by atoms with Crippen molar-refractivity contribution >= 4 is 5.71 Å². The Morgan fingerprint density at radius 3 is 2.86 bits per heavy atom. The van der Waals surface area contributed by atoms with Crippen LogP contribution in [0.2, 0.25) is 0 Å². The highest BCUT2D eigenvalue weighted by molar-refractivity contribution is 5.93. The van der Waals surface area contributed by atoms with E-state index < -0.39 is 0 Å². The smallest absolute Gasteiger partial charge is 0.0638 e. The van der Waals surface area contributed by atoms with Gasteiger partial charge in [-0.1, -0.05) is 19.0 Å². The third-order valence-corrected chi connectivity index (χ3v) is 4.80. The molecule has 2 aliphatic rings. The van der Waals surface area contributed by atoms with Gasteiger partial charge in [-0.2, -0.15) is 5.26 Å². The van der Waals surface area contributed by atoms with Crippen molar-refractivity contribution in [1.29, 1.82) is 5.26 Å². The largest absolute Gasteiger partial charge is 0.411 e. The Bertz CT molecular complexity index is 331. The molecule has 0 amide bonds. The summed E-state index contributed by atoms with van der Waals surface area (Å²) in [6.45, 7) is 4.32. The van der Waals surface area contributed by atoms with E-state index in [1.165, 1.54) is 6.42 Å². The van der Waals surface area contributed by atoms with Crippen molar-refractivity contribution in [2.45, 2.75) is 39.5 Å². The first-order valence-corrected chi connectivity index (χ1v) is 5.17. The molecule has 3 atom stereocenters. The van der Waals surface area contributed by atoms with Gasteiger partial charge in [0, 0.05) is 11.8 Å². The number of oxime groups is 1. The Morgan fingerprint density at radius 1 is 1.64 bits per heavy atom. The summed E-state index contributed by atoms with van der Waals surface area (Å²) < 4.78 is 0. The highest BCUT2D eigenvalue weighted by Gasteiger charge is 2.62. The molecule has 14 heavy (non-hydrogen) atoms. The second-order valence-corrected chi connectivity index (χ2v) is 5.07. The standard InChI is InChI=1S/C11H16N2O/c1-10(5-6-12)8-3-4-11(10,2)9(7-8)13-14/h8,14H,3-5,7H2,1-2H3/b13-9-/t8-,10?,11+/m1/s1. The highest BCUT2D eigenvalue weighted by atomic mass is 16.4. The Labute approximate surface area is 84.4 Å². The number of hydrogen-bond acceptors (Lipinski definition) is 3. The first-order valence-electron chi connectivity index (χ1n) is 5.17. The average Bonchev–Trinajstić information content (AvgIpc) is 2.51. The molecule has 3 nitrogen and oxygen atoms in total. The van der Waals surface area contributed by atoms with E-state index in [0.717, 1.165) is 18.6 Å². The molecule has 2 bridgehead atoms. The maximum absolute atomic E-state index is 8.96. The van der Waals surface area contributed by atoms with Crippen LogP contribution in [0.25, 0.3) is 0 Å². The van der Waals surface area contributed by atoms with E-state index in [1.807, 2.05) is 0 Å². The van der Waals surface area contributed by atoms with Gasteiger partial charge in [-0.05, 0) is 30.6 Å². The van der Waals surface area contributed by atoms with Crippen LogP contribution in [0.5, 0.6) is 0 Å². The summed E-state index contributed by atoms with van der Waals surface area (Å²) in [4.78, 5) is 0. The fourth-order valence-corrected chi connectivity index (χ4v) is 3.43. The second-order valence-electron chi connectivity index (χ2n) is 5.07. The van der Waals surface area contributed by atoms with Crippen molar-refractivity contribution in [3.05, 3.63) is 0 Å². The SMILES string of the molecule is CC1(CC#N)[C@@H]2CC[C@@]1(C)/C(=N\O)C2. The molecule has 76 valence electrons. The monoisotopic (exact) mass is 192 g/mol. The first-order chi connectivity index (χ1) is 6.58. The Morgan fingerprint density at radius 2 is 2.36 bits per heavy atom. The molecule has 0 spiro atoms. The van der Waals surface area contributed by atoms with Crippen LogP contribution in [0.1, 0.15) is 39.5 Å². The lowest BCUT2D eigenvalue weighted by Crippen LogP contribution is -2.34. The van der Waals surface area contributed by atoms with Crippen molar-refractivity contribution in [2.75, 3.05) is 0 Å². The zero-order chi connectivity index (χ0) is 10.4. The van der Waals surface area contributed by atoms with Gasteiger partial charge in [0.25, 0.3) is 0 Å². The summed E-state index contributed by atoms with van der Waals surface area (Å²) in [7, 11) is 0. The first kappa shape index (κ1) is 9.51. The summed E-state index contributed by atoms with van der Waals surface area (Å²) in [5.74, 6) is 0.540. The third-order valence-electron chi connectivity index (χ3n) is 4.80. The van der Waals surface area contributed by atoms with Crippen LogP contribution in [0, 0.1) is 28.1 Å². The lowest BCUT2D eigenvalue weighted by molar-refractivity contribution is 0.168. The molecule has 0 aromatic heterocycles. The minimum absolute atomic E-state index is 0.0311. The predicted octanol–water partition coefficient (Wildman–Crippen LogP) is 2.56. The fraction of sp³-hybridized carbons (Fsp3) is 0.818. The molecular weight excluding hydrogens is 176 g/mol. The van der Waals surface area contributed by atoms with Crippen LogP contribution < -0.4 is 0 Å². The van der Waals surface area contributed by atoms with Crippen molar-refractivity contribution in [3.63, 3.8) is 0 Å². The second kappa shape index (κ2) is 2.73. The van der Waals surface area contributed by atoms with Gasteiger partial charge in [-0.3, -0.25) is 0 Å². The fourth-order valence-electron chi connectivity index (χ4n) is 3.43. The van der Waals surface area contributed by atoms with Gasteiger partial charge < -0.3 is 5.21 Å². The average molecular weight is 192 g/mol. The molecule has 0 heterocycles. The van der Waals surface area contributed by atoms with Gasteiger partial charge in [0.15, 0.2) is 0 Å². The number of hydrogen-bond donors (Lipinski definition) is 1. The lowest BCUT2D eigenvalue weighted by Gasteiger charge is -2.35. The number of nitrogens with zero attached hydrogens (tertiary/aromatic N) is 2. The van der Waals surface area contributed by atoms with E-state index in [4.69, 9.17) is 10.5 Å². The minimum atomic E-state index is -0.0395. The van der Waals surface area contributed by atoms with Gasteiger partial charge in [-0.15, -0.1) is 0 Å². The Kier molecular flexibility index (Phi) is 1.85. The van der Waals surface area contributed by atoms with Gasteiger partial charge in [0.1, 0.15) is 0 Å². The van der Waals surface area contributed by atoms with E-state index in [-0.39, 0.29) is 10.8 Å². The maximum atomic E-state index is 8.96. The van der Waals surface area contributed by atoms with Gasteiger partial charge >= 0.3 is 0 Å². The molecule has 2 aliphatic carbocycles. The molecule has 1 N–H and O–H groups in total. The summed E-state index contributed by atoms with van der Waals surface area (Å²) in [5, 5.41) is 21.3. The van der Waals surface area contributed by atoms with Gasteiger partial charge in [0.2, 0.25) is 0 Å². The van der Waals surface area contributed by atoms with E-state index in [2.05, 4.69) is 25.1 Å². The minimum Gasteiger partial charge on any atom is -0.411 e. The van der Waals surface area contributed by atoms with Crippen molar-refractivity contribution in [2.24, 2.45) is 21.9 Å². The summed E-state index contributed by atoms with van der Waals surface area (Å²) >= 11 is 0. The van der Waals surface area contributed by atoms with Crippen LogP contribution >= 0.6 is 0 Å². The molecule has 2 fully saturated rings. The number of fused-ring (bicyclic) bond motifs is 2. The van der Waals surface area contributed by atoms with E-state index >= 15 is 0 Å². The Balaban J connectivity index is 2.43. The molecule has 0 aromatic carbocycles. The van der Waals surface area contributed by atoms with Gasteiger partial charge in [0.05, 0.1) is 11.8 Å². The normalized spacial score (nSPS) is 48.4. The summed E-state index contributed by atoms with van der Waals surface area (Å²) in [5.41, 5.74) is 0.900. The summed E-state index contributed by atoms with van der Waals surface area (Å²) in [6, 6.07) is 2.28. The quantitative estimate of drug-likeness (QED) is 0.512. The Hall–Kier alpha value is -1.04. The van der Waals surface area contributed by atoms with Crippen molar-refractivity contribution in [1.82, 2.24) is 0 Å². The molecule has 0 aromatic rings. The lowest BCUT2D eigenvalue weighted by atomic mass is 9.67. The molecule has 1 unspecified atom stereocenters. The molecule has 0 aliphatic heterocycles. The van der Waals surface area contributed by atoms with E-state index in [9.17, 15) is 0 Å². The van der Waals surface area contributed by atoms with E-state index in [1.54, 1.807) is 0 Å². The number of rotatable bonds is 1. The highest BCUT2D eigenvalue weighted by Crippen LogP contribution is 2.65. The van der Waals surface area contributed by atoms with Crippen LogP contribution in [0.15, 0.2) is 5.16 Å². The van der Waals surface area contributed by atoms with Crippen molar-refractivity contribution in [3.8, 4) is 6.07 Å². The van der Waals surface area contributed by atoms with E-state index in [0.29, 0.717) is 12.3 Å². The zero-order valence-corrected chi connectivity index (χ0v) is 8.75. The summed E-state index contributed by atoms with van der Waals surface area (Å²) in [6.07, 6.45) is 3.70. The van der Waals surface area contributed by atoms with Crippen molar-refractivity contribution < 1.29 is 5.21 Å². The molecule has 0 saturated heterocycles. The molecule has 3 heteroatoms. The number of nitriles is 1. The molecule has 2 saturated carbocycles.